The van der Waals surface area contributed by atoms with Crippen LogP contribution >= 0.6 is 0 Å². The SMILES string of the molecule is C=C(CC(=O)Nc1cc(C(F)(F)F)ccc1N(C)Cc1ccccc1)C(=O)O. The van der Waals surface area contributed by atoms with E-state index in [0.717, 1.165) is 17.7 Å². The summed E-state index contributed by atoms with van der Waals surface area (Å²) in [6.45, 7) is 3.65. The zero-order chi connectivity index (χ0) is 20.9. The molecule has 1 amide bonds. The standard InChI is InChI=1S/C20H19F3N2O3/c1-13(19(27)28)10-18(26)24-16-11-15(20(21,22)23)8-9-17(16)25(2)12-14-6-4-3-5-7-14/h3-9,11H,1,10,12H2,2H3,(H,24,26)(H,27,28). The van der Waals surface area contributed by atoms with Crippen molar-refractivity contribution in [1.82, 2.24) is 0 Å². The normalized spacial score (nSPS) is 11.0. The zero-order valence-corrected chi connectivity index (χ0v) is 15.1. The van der Waals surface area contributed by atoms with Gasteiger partial charge in [-0.15, -0.1) is 0 Å². The van der Waals surface area contributed by atoms with Gasteiger partial charge in [-0.2, -0.15) is 13.2 Å². The van der Waals surface area contributed by atoms with E-state index in [1.807, 2.05) is 30.3 Å². The summed E-state index contributed by atoms with van der Waals surface area (Å²) in [4.78, 5) is 24.6. The Morgan fingerprint density at radius 3 is 2.36 bits per heavy atom. The maximum absolute atomic E-state index is 13.1. The highest BCUT2D eigenvalue weighted by Gasteiger charge is 2.31. The molecule has 0 aliphatic heterocycles. The van der Waals surface area contributed by atoms with Gasteiger partial charge in [0.05, 0.1) is 23.4 Å². The van der Waals surface area contributed by atoms with E-state index in [2.05, 4.69) is 11.9 Å². The number of carbonyl (C=O) groups excluding carboxylic acids is 1. The lowest BCUT2D eigenvalue weighted by molar-refractivity contribution is -0.137. The molecule has 0 aromatic heterocycles. The molecule has 8 heteroatoms. The number of amides is 1. The van der Waals surface area contributed by atoms with Gasteiger partial charge in [0.1, 0.15) is 0 Å². The predicted octanol–water partition coefficient (Wildman–Crippen LogP) is 4.31. The molecule has 0 aliphatic carbocycles. The number of anilines is 2. The summed E-state index contributed by atoms with van der Waals surface area (Å²) in [7, 11) is 1.68. The quantitative estimate of drug-likeness (QED) is 0.689. The molecule has 0 radical (unpaired) electrons. The molecule has 0 atom stereocenters. The molecule has 0 fully saturated rings. The van der Waals surface area contributed by atoms with Crippen molar-refractivity contribution in [3.8, 4) is 0 Å². The number of nitrogens with one attached hydrogen (secondary N) is 1. The fraction of sp³-hybridized carbons (Fsp3) is 0.200. The van der Waals surface area contributed by atoms with Crippen LogP contribution in [0, 0.1) is 0 Å². The summed E-state index contributed by atoms with van der Waals surface area (Å²) >= 11 is 0. The maximum atomic E-state index is 13.1. The number of carboxylic acid groups (broad SMARTS) is 1. The van der Waals surface area contributed by atoms with Gasteiger partial charge in [-0.25, -0.2) is 4.79 Å². The van der Waals surface area contributed by atoms with E-state index in [9.17, 15) is 22.8 Å². The number of benzene rings is 2. The Morgan fingerprint density at radius 2 is 1.79 bits per heavy atom. The second kappa shape index (κ2) is 8.60. The number of carboxylic acids is 1. The molecule has 0 unspecified atom stereocenters. The number of rotatable bonds is 7. The van der Waals surface area contributed by atoms with Crippen LogP contribution in [0.25, 0.3) is 0 Å². The van der Waals surface area contributed by atoms with Gasteiger partial charge in [-0.05, 0) is 23.8 Å². The van der Waals surface area contributed by atoms with Crippen molar-refractivity contribution in [3.05, 3.63) is 71.8 Å². The molecule has 0 saturated carbocycles. The Labute approximate surface area is 160 Å². The Balaban J connectivity index is 2.32. The van der Waals surface area contributed by atoms with Gasteiger partial charge >= 0.3 is 12.1 Å². The maximum Gasteiger partial charge on any atom is 0.416 e. The smallest absolute Gasteiger partial charge is 0.416 e. The molecular formula is C20H19F3N2O3. The van der Waals surface area contributed by atoms with Crippen LogP contribution in [0.5, 0.6) is 0 Å². The minimum atomic E-state index is -4.58. The molecule has 0 spiro atoms. The zero-order valence-electron chi connectivity index (χ0n) is 15.1. The van der Waals surface area contributed by atoms with Crippen molar-refractivity contribution < 1.29 is 27.9 Å². The number of hydrogen-bond acceptors (Lipinski definition) is 3. The van der Waals surface area contributed by atoms with E-state index in [0.29, 0.717) is 12.2 Å². The molecule has 0 aliphatic rings. The van der Waals surface area contributed by atoms with Crippen LogP contribution in [0.15, 0.2) is 60.7 Å². The first-order valence-electron chi connectivity index (χ1n) is 8.25. The summed E-state index contributed by atoms with van der Waals surface area (Å²) in [6, 6.07) is 12.3. The highest BCUT2D eigenvalue weighted by atomic mass is 19.4. The number of aliphatic carboxylic acids is 1. The van der Waals surface area contributed by atoms with Gasteiger partial charge in [0.2, 0.25) is 5.91 Å². The summed E-state index contributed by atoms with van der Waals surface area (Å²) in [5, 5.41) is 11.2. The van der Waals surface area contributed by atoms with Crippen LogP contribution in [-0.2, 0) is 22.3 Å². The first kappa shape index (κ1) is 21.0. The molecule has 148 valence electrons. The Hall–Kier alpha value is -3.29. The van der Waals surface area contributed by atoms with Crippen molar-refractivity contribution in [2.45, 2.75) is 19.1 Å². The van der Waals surface area contributed by atoms with E-state index in [1.54, 1.807) is 11.9 Å². The van der Waals surface area contributed by atoms with Crippen LogP contribution in [0.3, 0.4) is 0 Å². The molecule has 2 N–H and O–H groups in total. The number of hydrogen-bond donors (Lipinski definition) is 2. The second-order valence-corrected chi connectivity index (χ2v) is 6.21. The lowest BCUT2D eigenvalue weighted by atomic mass is 10.1. The monoisotopic (exact) mass is 392 g/mol. The highest BCUT2D eigenvalue weighted by Crippen LogP contribution is 2.35. The minimum Gasteiger partial charge on any atom is -0.478 e. The van der Waals surface area contributed by atoms with Crippen LogP contribution in [0.2, 0.25) is 0 Å². The van der Waals surface area contributed by atoms with Gasteiger partial charge < -0.3 is 15.3 Å². The fourth-order valence-corrected chi connectivity index (χ4v) is 2.55. The lowest BCUT2D eigenvalue weighted by Crippen LogP contribution is -2.21. The first-order chi connectivity index (χ1) is 13.1. The van der Waals surface area contributed by atoms with E-state index in [1.165, 1.54) is 6.07 Å². The molecule has 0 saturated heterocycles. The van der Waals surface area contributed by atoms with Crippen molar-refractivity contribution in [3.63, 3.8) is 0 Å². The van der Waals surface area contributed by atoms with E-state index in [-0.39, 0.29) is 11.3 Å². The summed E-state index contributed by atoms with van der Waals surface area (Å²) in [6.07, 6.45) is -5.12. The third kappa shape index (κ3) is 5.60. The second-order valence-electron chi connectivity index (χ2n) is 6.21. The topological polar surface area (TPSA) is 69.6 Å². The molecule has 0 bridgehead atoms. The number of halogens is 3. The number of nitrogens with zero attached hydrogens (tertiary/aromatic N) is 1. The van der Waals surface area contributed by atoms with E-state index >= 15 is 0 Å². The van der Waals surface area contributed by atoms with Gasteiger partial charge in [0, 0.05) is 19.2 Å². The molecule has 0 heterocycles. The molecule has 28 heavy (non-hydrogen) atoms. The number of carbonyl (C=O) groups is 2. The minimum absolute atomic E-state index is 0.0588. The predicted molar refractivity (Wildman–Crippen MR) is 100 cm³/mol. The van der Waals surface area contributed by atoms with Crippen LogP contribution < -0.4 is 10.2 Å². The van der Waals surface area contributed by atoms with Crippen LogP contribution in [0.4, 0.5) is 24.5 Å². The number of alkyl halides is 3. The Kier molecular flexibility index (Phi) is 6.45. The van der Waals surface area contributed by atoms with Crippen molar-refractivity contribution in [2.24, 2.45) is 0 Å². The van der Waals surface area contributed by atoms with Crippen LogP contribution in [0.1, 0.15) is 17.5 Å². The summed E-state index contributed by atoms with van der Waals surface area (Å²) in [5.41, 5.74) is -0.0376. The largest absolute Gasteiger partial charge is 0.478 e. The van der Waals surface area contributed by atoms with Gasteiger partial charge in [-0.3, -0.25) is 4.79 Å². The fourth-order valence-electron chi connectivity index (χ4n) is 2.55. The highest BCUT2D eigenvalue weighted by molar-refractivity contribution is 6.00. The molecule has 2 aromatic carbocycles. The Morgan fingerprint density at radius 1 is 1.14 bits per heavy atom. The van der Waals surface area contributed by atoms with Crippen molar-refractivity contribution in [2.75, 3.05) is 17.3 Å². The average Bonchev–Trinajstić information content (AvgIpc) is 2.61. The molecule has 2 rings (SSSR count). The van der Waals surface area contributed by atoms with Gasteiger partial charge in [0.25, 0.3) is 0 Å². The third-order valence-electron chi connectivity index (χ3n) is 3.95. The van der Waals surface area contributed by atoms with E-state index in [4.69, 9.17) is 5.11 Å². The summed E-state index contributed by atoms with van der Waals surface area (Å²) in [5.74, 6) is -2.11. The summed E-state index contributed by atoms with van der Waals surface area (Å²) < 4.78 is 39.2. The average molecular weight is 392 g/mol. The molecule has 5 nitrogen and oxygen atoms in total. The van der Waals surface area contributed by atoms with Gasteiger partial charge in [-0.1, -0.05) is 36.9 Å². The third-order valence-corrected chi connectivity index (χ3v) is 3.95. The van der Waals surface area contributed by atoms with E-state index < -0.39 is 30.0 Å². The first-order valence-corrected chi connectivity index (χ1v) is 8.25. The Bertz CT molecular complexity index is 880. The lowest BCUT2D eigenvalue weighted by Gasteiger charge is -2.24. The van der Waals surface area contributed by atoms with Crippen molar-refractivity contribution >= 4 is 23.3 Å². The van der Waals surface area contributed by atoms with Crippen LogP contribution in [-0.4, -0.2) is 24.0 Å². The van der Waals surface area contributed by atoms with Gasteiger partial charge in [0.15, 0.2) is 0 Å². The van der Waals surface area contributed by atoms with Crippen molar-refractivity contribution in [1.29, 1.82) is 0 Å². The molecular weight excluding hydrogens is 373 g/mol. The molecule has 2 aromatic rings.